The summed E-state index contributed by atoms with van der Waals surface area (Å²) < 4.78 is 38.7. The number of nitrogens with one attached hydrogen (secondary N) is 1. The summed E-state index contributed by atoms with van der Waals surface area (Å²) in [5, 5.41) is -0.0295. The zero-order chi connectivity index (χ0) is 12.3. The third-order valence-corrected chi connectivity index (χ3v) is 3.96. The van der Waals surface area contributed by atoms with Crippen molar-refractivity contribution in [1.82, 2.24) is 4.72 Å². The van der Waals surface area contributed by atoms with Gasteiger partial charge in [-0.25, -0.2) is 17.5 Å². The molecular weight excluding hydrogens is 255 g/mol. The fourth-order valence-corrected chi connectivity index (χ4v) is 2.83. The molecule has 1 aromatic rings. The van der Waals surface area contributed by atoms with Crippen molar-refractivity contribution in [2.75, 3.05) is 6.54 Å². The minimum atomic E-state index is -3.83. The number of hydrogen-bond donors (Lipinski definition) is 2. The van der Waals surface area contributed by atoms with E-state index in [0.717, 1.165) is 12.1 Å². The molecule has 0 radical (unpaired) electrons. The molecule has 0 unspecified atom stereocenters. The van der Waals surface area contributed by atoms with E-state index in [1.54, 1.807) is 6.92 Å². The summed E-state index contributed by atoms with van der Waals surface area (Å²) in [6, 6.07) is 2.71. The van der Waals surface area contributed by atoms with Gasteiger partial charge in [-0.05, 0) is 25.1 Å². The van der Waals surface area contributed by atoms with E-state index < -0.39 is 21.9 Å². The van der Waals surface area contributed by atoms with Crippen molar-refractivity contribution in [3.05, 3.63) is 29.0 Å². The number of nitrogens with two attached hydrogens (primary N) is 1. The summed E-state index contributed by atoms with van der Waals surface area (Å²) in [4.78, 5) is -0.283. The first-order valence-electron chi connectivity index (χ1n) is 4.54. The Bertz CT molecular complexity index is 478. The molecule has 1 atom stereocenters. The molecule has 16 heavy (non-hydrogen) atoms. The Morgan fingerprint density at radius 1 is 1.56 bits per heavy atom. The summed E-state index contributed by atoms with van der Waals surface area (Å²) >= 11 is 5.69. The molecule has 90 valence electrons. The molecular formula is C9H12ClFN2O2S. The van der Waals surface area contributed by atoms with Crippen LogP contribution >= 0.6 is 11.6 Å². The zero-order valence-electron chi connectivity index (χ0n) is 8.57. The Morgan fingerprint density at radius 3 is 2.75 bits per heavy atom. The van der Waals surface area contributed by atoms with E-state index >= 15 is 0 Å². The highest BCUT2D eigenvalue weighted by Gasteiger charge is 2.20. The molecule has 4 nitrogen and oxygen atoms in total. The predicted octanol–water partition coefficient (Wildman–Crippen LogP) is 1.10. The van der Waals surface area contributed by atoms with Gasteiger partial charge in [-0.1, -0.05) is 11.6 Å². The van der Waals surface area contributed by atoms with Crippen LogP contribution in [0.1, 0.15) is 6.92 Å². The number of sulfonamides is 1. The van der Waals surface area contributed by atoms with Crippen LogP contribution < -0.4 is 10.5 Å². The van der Waals surface area contributed by atoms with Gasteiger partial charge in [0.05, 0.1) is 5.02 Å². The van der Waals surface area contributed by atoms with E-state index in [9.17, 15) is 12.8 Å². The van der Waals surface area contributed by atoms with Gasteiger partial charge in [-0.15, -0.1) is 0 Å². The molecule has 0 aliphatic heterocycles. The van der Waals surface area contributed by atoms with Crippen molar-refractivity contribution < 1.29 is 12.8 Å². The highest BCUT2D eigenvalue weighted by atomic mass is 35.5. The van der Waals surface area contributed by atoms with Crippen LogP contribution in [0.15, 0.2) is 23.1 Å². The van der Waals surface area contributed by atoms with Crippen LogP contribution in [0.5, 0.6) is 0 Å². The Morgan fingerprint density at radius 2 is 2.19 bits per heavy atom. The third kappa shape index (κ3) is 3.15. The molecule has 7 heteroatoms. The smallest absolute Gasteiger partial charge is 0.242 e. The van der Waals surface area contributed by atoms with Crippen molar-refractivity contribution in [3.63, 3.8) is 0 Å². The van der Waals surface area contributed by atoms with Gasteiger partial charge in [0.15, 0.2) is 0 Å². The van der Waals surface area contributed by atoms with Crippen molar-refractivity contribution in [1.29, 1.82) is 0 Å². The van der Waals surface area contributed by atoms with Gasteiger partial charge in [-0.3, -0.25) is 0 Å². The number of rotatable bonds is 4. The predicted molar refractivity (Wildman–Crippen MR) is 60.2 cm³/mol. The second-order valence-electron chi connectivity index (χ2n) is 3.33. The lowest BCUT2D eigenvalue weighted by Gasteiger charge is -2.12. The van der Waals surface area contributed by atoms with Crippen LogP contribution in [0.4, 0.5) is 4.39 Å². The average Bonchev–Trinajstić information content (AvgIpc) is 2.20. The minimum absolute atomic E-state index is 0.0295. The van der Waals surface area contributed by atoms with E-state index in [0.29, 0.717) is 0 Å². The molecule has 0 saturated heterocycles. The lowest BCUT2D eigenvalue weighted by atomic mass is 10.3. The largest absolute Gasteiger partial charge is 0.329 e. The summed E-state index contributed by atoms with van der Waals surface area (Å²) in [6.07, 6.45) is 0. The molecule has 0 aromatic heterocycles. The van der Waals surface area contributed by atoms with Crippen molar-refractivity contribution in [2.45, 2.75) is 17.9 Å². The second kappa shape index (κ2) is 5.09. The highest BCUT2D eigenvalue weighted by Crippen LogP contribution is 2.22. The van der Waals surface area contributed by atoms with Crippen LogP contribution in [0.2, 0.25) is 5.02 Å². The van der Waals surface area contributed by atoms with Gasteiger partial charge in [0, 0.05) is 12.6 Å². The molecule has 0 saturated carbocycles. The van der Waals surface area contributed by atoms with E-state index in [2.05, 4.69) is 4.72 Å². The third-order valence-electron chi connectivity index (χ3n) is 1.89. The summed E-state index contributed by atoms with van der Waals surface area (Å²) in [5.41, 5.74) is 5.29. The minimum Gasteiger partial charge on any atom is -0.329 e. The molecule has 0 fully saturated rings. The first-order valence-corrected chi connectivity index (χ1v) is 6.40. The lowest BCUT2D eigenvalue weighted by Crippen LogP contribution is -2.37. The Labute approximate surface area is 98.6 Å². The van der Waals surface area contributed by atoms with E-state index in [1.807, 2.05) is 0 Å². The molecule has 0 heterocycles. The lowest BCUT2D eigenvalue weighted by molar-refractivity contribution is 0.560. The fraction of sp³-hybridized carbons (Fsp3) is 0.333. The molecule has 0 aliphatic rings. The van der Waals surface area contributed by atoms with Gasteiger partial charge in [-0.2, -0.15) is 0 Å². The number of hydrogen-bond acceptors (Lipinski definition) is 3. The van der Waals surface area contributed by atoms with Crippen LogP contribution in [0, 0.1) is 5.82 Å². The molecule has 3 N–H and O–H groups in total. The first-order chi connectivity index (χ1) is 7.36. The van der Waals surface area contributed by atoms with Crippen LogP contribution in [-0.2, 0) is 10.0 Å². The summed E-state index contributed by atoms with van der Waals surface area (Å²) in [5.74, 6) is -0.662. The SMILES string of the molecule is C[C@H](CN)NS(=O)(=O)c1cc(F)ccc1Cl. The topological polar surface area (TPSA) is 72.2 Å². The zero-order valence-corrected chi connectivity index (χ0v) is 10.1. The Kier molecular flexibility index (Phi) is 4.26. The van der Waals surface area contributed by atoms with E-state index in [4.69, 9.17) is 17.3 Å². The highest BCUT2D eigenvalue weighted by molar-refractivity contribution is 7.89. The molecule has 0 aliphatic carbocycles. The fourth-order valence-electron chi connectivity index (χ4n) is 1.06. The van der Waals surface area contributed by atoms with Gasteiger partial charge in [0.1, 0.15) is 10.7 Å². The van der Waals surface area contributed by atoms with Crippen LogP contribution in [0.25, 0.3) is 0 Å². The Hall–Kier alpha value is -0.690. The van der Waals surface area contributed by atoms with Crippen molar-refractivity contribution >= 4 is 21.6 Å². The van der Waals surface area contributed by atoms with E-state index in [1.165, 1.54) is 6.07 Å². The number of halogens is 2. The summed E-state index contributed by atoms with van der Waals surface area (Å²) in [7, 11) is -3.83. The molecule has 0 amide bonds. The summed E-state index contributed by atoms with van der Waals surface area (Å²) in [6.45, 7) is 1.75. The first kappa shape index (κ1) is 13.4. The quantitative estimate of drug-likeness (QED) is 0.857. The maximum atomic E-state index is 12.9. The Balaban J connectivity index is 3.12. The van der Waals surface area contributed by atoms with Crippen LogP contribution in [-0.4, -0.2) is 21.0 Å². The standard InChI is InChI=1S/C9H12ClFN2O2S/c1-6(5-12)13-16(14,15)9-4-7(11)2-3-8(9)10/h2-4,6,13H,5,12H2,1H3/t6-/m1/s1. The normalized spacial score (nSPS) is 13.8. The number of benzene rings is 1. The average molecular weight is 267 g/mol. The van der Waals surface area contributed by atoms with Crippen molar-refractivity contribution in [2.24, 2.45) is 5.73 Å². The van der Waals surface area contributed by atoms with Crippen molar-refractivity contribution in [3.8, 4) is 0 Å². The monoisotopic (exact) mass is 266 g/mol. The van der Waals surface area contributed by atoms with E-state index in [-0.39, 0.29) is 16.5 Å². The maximum absolute atomic E-state index is 12.9. The van der Waals surface area contributed by atoms with Gasteiger partial charge in [0.25, 0.3) is 0 Å². The van der Waals surface area contributed by atoms with Gasteiger partial charge < -0.3 is 5.73 Å². The maximum Gasteiger partial charge on any atom is 0.242 e. The molecule has 1 aromatic carbocycles. The molecule has 0 spiro atoms. The van der Waals surface area contributed by atoms with Crippen LogP contribution in [0.3, 0.4) is 0 Å². The molecule has 1 rings (SSSR count). The second-order valence-corrected chi connectivity index (χ2v) is 5.42. The van der Waals surface area contributed by atoms with Gasteiger partial charge >= 0.3 is 0 Å². The van der Waals surface area contributed by atoms with Gasteiger partial charge in [0.2, 0.25) is 10.0 Å². The molecule has 0 bridgehead atoms.